The van der Waals surface area contributed by atoms with E-state index in [1.54, 1.807) is 0 Å². The Morgan fingerprint density at radius 3 is 1.24 bits per heavy atom. The molecule has 0 bridgehead atoms. The SMILES string of the molecule is CCO[Si](CCCCCCCCCCCCCCCCCCCCCCCCC(CCc1ccccc1)C[Si](Cl)(Cl)Cl)(OCC)c1ccccc1. The van der Waals surface area contributed by atoms with Crippen molar-refractivity contribution in [2.24, 2.45) is 5.92 Å². The average molecular weight is 799 g/mol. The van der Waals surface area contributed by atoms with Gasteiger partial charge in [0.15, 0.2) is 0 Å². The fourth-order valence-electron chi connectivity index (χ4n) is 7.67. The lowest BCUT2D eigenvalue weighted by molar-refractivity contribution is 0.194. The number of rotatable bonds is 35. The van der Waals surface area contributed by atoms with E-state index >= 15 is 0 Å². The van der Waals surface area contributed by atoms with Crippen LogP contribution in [0.5, 0.6) is 0 Å². The molecule has 7 heteroatoms. The maximum atomic E-state index is 6.34. The van der Waals surface area contributed by atoms with E-state index in [-0.39, 0.29) is 0 Å². The van der Waals surface area contributed by atoms with Gasteiger partial charge in [0, 0.05) is 13.2 Å². The number of halogens is 3. The maximum absolute atomic E-state index is 6.34. The lowest BCUT2D eigenvalue weighted by Crippen LogP contribution is -2.53. The van der Waals surface area contributed by atoms with Gasteiger partial charge in [-0.2, -0.15) is 0 Å². The second-order valence-corrected chi connectivity index (χ2v) is 27.4. The van der Waals surface area contributed by atoms with Crippen molar-refractivity contribution in [3.63, 3.8) is 0 Å². The van der Waals surface area contributed by atoms with E-state index < -0.39 is 14.6 Å². The summed E-state index contributed by atoms with van der Waals surface area (Å²) in [6.07, 6.45) is 34.0. The zero-order chi connectivity index (χ0) is 36.7. The van der Waals surface area contributed by atoms with Crippen molar-refractivity contribution in [1.29, 1.82) is 0 Å². The lowest BCUT2D eigenvalue weighted by atomic mass is 9.95. The zero-order valence-electron chi connectivity index (χ0n) is 32.8. The minimum Gasteiger partial charge on any atom is -0.391 e. The molecular weight excluding hydrogens is 723 g/mol. The van der Waals surface area contributed by atoms with E-state index in [2.05, 4.69) is 74.5 Å². The number of benzene rings is 2. The van der Waals surface area contributed by atoms with Crippen LogP contribution in [0.15, 0.2) is 60.7 Å². The van der Waals surface area contributed by atoms with E-state index in [0.29, 0.717) is 5.92 Å². The first-order valence-electron chi connectivity index (χ1n) is 21.3. The molecular formula is C44H75Cl3O2Si2. The Balaban J connectivity index is 1.32. The van der Waals surface area contributed by atoms with Crippen molar-refractivity contribution < 1.29 is 8.85 Å². The first-order valence-corrected chi connectivity index (χ1v) is 28.6. The van der Waals surface area contributed by atoms with E-state index in [9.17, 15) is 0 Å². The van der Waals surface area contributed by atoms with E-state index in [1.807, 2.05) is 0 Å². The van der Waals surface area contributed by atoms with E-state index in [4.69, 9.17) is 42.1 Å². The highest BCUT2D eigenvalue weighted by Gasteiger charge is 2.38. The van der Waals surface area contributed by atoms with Crippen molar-refractivity contribution in [3.8, 4) is 0 Å². The van der Waals surface area contributed by atoms with Gasteiger partial charge in [-0.15, -0.1) is 33.2 Å². The molecule has 0 radical (unpaired) electrons. The molecule has 0 heterocycles. The Hall–Kier alpha value is -0.336. The van der Waals surface area contributed by atoms with Crippen LogP contribution in [0.2, 0.25) is 12.1 Å². The van der Waals surface area contributed by atoms with E-state index in [0.717, 1.165) is 38.1 Å². The van der Waals surface area contributed by atoms with Crippen molar-refractivity contribution in [2.75, 3.05) is 13.2 Å². The van der Waals surface area contributed by atoms with Gasteiger partial charge in [-0.05, 0) is 55.4 Å². The van der Waals surface area contributed by atoms with Crippen LogP contribution >= 0.6 is 33.2 Å². The Labute approximate surface area is 331 Å². The summed E-state index contributed by atoms with van der Waals surface area (Å²) in [6, 6.07) is 20.8. The number of hydrogen-bond donors (Lipinski definition) is 0. The van der Waals surface area contributed by atoms with Crippen LogP contribution in [0.4, 0.5) is 0 Å². The molecule has 0 N–H and O–H groups in total. The molecule has 2 rings (SSSR count). The Kier molecular flexibility index (Phi) is 28.4. The molecule has 51 heavy (non-hydrogen) atoms. The van der Waals surface area contributed by atoms with Gasteiger partial charge in [0.1, 0.15) is 0 Å². The summed E-state index contributed by atoms with van der Waals surface area (Å²) in [4.78, 5) is 0. The van der Waals surface area contributed by atoms with Gasteiger partial charge < -0.3 is 8.85 Å². The third-order valence-electron chi connectivity index (χ3n) is 10.5. The molecule has 1 unspecified atom stereocenters. The molecule has 0 aliphatic rings. The third-order valence-corrected chi connectivity index (χ3v) is 16.7. The van der Waals surface area contributed by atoms with Gasteiger partial charge in [0.2, 0.25) is 0 Å². The minimum absolute atomic E-state index is 0.544. The van der Waals surface area contributed by atoms with Gasteiger partial charge >= 0.3 is 14.6 Å². The molecule has 0 saturated heterocycles. The van der Waals surface area contributed by atoms with Gasteiger partial charge in [0.05, 0.1) is 0 Å². The molecule has 2 nitrogen and oxygen atoms in total. The minimum atomic E-state index is -2.58. The van der Waals surface area contributed by atoms with Crippen LogP contribution in [0.3, 0.4) is 0 Å². The molecule has 0 fully saturated rings. The molecule has 1 atom stereocenters. The highest BCUT2D eigenvalue weighted by molar-refractivity contribution is 7.64. The Morgan fingerprint density at radius 2 is 0.843 bits per heavy atom. The second-order valence-electron chi connectivity index (χ2n) is 15.0. The van der Waals surface area contributed by atoms with Crippen LogP contribution in [0.25, 0.3) is 0 Å². The third kappa shape index (κ3) is 24.6. The van der Waals surface area contributed by atoms with Gasteiger partial charge in [0.25, 0.3) is 0 Å². The Morgan fingerprint density at radius 1 is 0.471 bits per heavy atom. The summed E-state index contributed by atoms with van der Waals surface area (Å²) in [6.45, 7) is 5.65. The summed E-state index contributed by atoms with van der Waals surface area (Å²) in [5.74, 6) is 0.544. The molecule has 0 aromatic heterocycles. The molecule has 0 aliphatic heterocycles. The topological polar surface area (TPSA) is 18.5 Å². The number of aryl methyl sites for hydroxylation is 1. The van der Waals surface area contributed by atoms with Gasteiger partial charge in [-0.3, -0.25) is 0 Å². The summed E-state index contributed by atoms with van der Waals surface area (Å²) < 4.78 is 12.7. The second kappa shape index (κ2) is 30.9. The average Bonchev–Trinajstić information content (AvgIpc) is 3.12. The van der Waals surface area contributed by atoms with E-state index in [1.165, 1.54) is 158 Å². The van der Waals surface area contributed by atoms with Crippen LogP contribution in [0, 0.1) is 5.92 Å². The molecule has 0 saturated carbocycles. The standard InChI is InChI=1S/C44H75Cl3O2Si2/c1-3-48-50(49-4-2,44-36-30-26-31-37-44)40-32-24-22-20-18-16-14-12-10-8-6-5-7-9-11-13-15-17-19-21-23-27-35-43(41-51(45,46)47)39-38-42-33-28-25-29-34-42/h25-26,28-31,33-34,36-37,43H,3-24,27,32,35,38-41H2,1-2H3. The maximum Gasteiger partial charge on any atom is 0.372 e. The number of unbranched alkanes of at least 4 members (excludes halogenated alkanes) is 21. The summed E-state index contributed by atoms with van der Waals surface area (Å²) in [5, 5.41) is 1.29. The summed E-state index contributed by atoms with van der Waals surface area (Å²) in [5.41, 5.74) is 1.40. The van der Waals surface area contributed by atoms with Gasteiger partial charge in [-0.25, -0.2) is 0 Å². The molecule has 0 spiro atoms. The highest BCUT2D eigenvalue weighted by atomic mass is 35.8. The highest BCUT2D eigenvalue weighted by Crippen LogP contribution is 2.34. The van der Waals surface area contributed by atoms with Crippen molar-refractivity contribution >= 4 is 53.0 Å². The molecule has 2 aromatic rings. The number of hydrogen-bond acceptors (Lipinski definition) is 2. The van der Waals surface area contributed by atoms with Crippen molar-refractivity contribution in [2.45, 2.75) is 186 Å². The fourth-order valence-corrected chi connectivity index (χ4v) is 14.0. The smallest absolute Gasteiger partial charge is 0.372 e. The molecule has 0 aliphatic carbocycles. The quantitative estimate of drug-likeness (QED) is 0.0393. The first-order chi connectivity index (χ1) is 24.9. The van der Waals surface area contributed by atoms with Crippen LogP contribution in [-0.2, 0) is 15.3 Å². The van der Waals surface area contributed by atoms with Gasteiger partial charge in [-0.1, -0.05) is 208 Å². The Bertz CT molecular complexity index is 1030. The molecule has 0 amide bonds. The molecule has 2 aromatic carbocycles. The predicted molar refractivity (Wildman–Crippen MR) is 232 cm³/mol. The monoisotopic (exact) mass is 796 g/mol. The normalized spacial score (nSPS) is 12.8. The largest absolute Gasteiger partial charge is 0.391 e. The summed E-state index contributed by atoms with van der Waals surface area (Å²) in [7, 11) is -2.31. The molecule has 292 valence electrons. The van der Waals surface area contributed by atoms with Crippen LogP contribution in [-0.4, -0.2) is 27.8 Å². The first kappa shape index (κ1) is 46.8. The van der Waals surface area contributed by atoms with Crippen molar-refractivity contribution in [3.05, 3.63) is 66.2 Å². The van der Waals surface area contributed by atoms with Crippen LogP contribution < -0.4 is 5.19 Å². The zero-order valence-corrected chi connectivity index (χ0v) is 37.1. The van der Waals surface area contributed by atoms with Crippen molar-refractivity contribution in [1.82, 2.24) is 0 Å². The lowest BCUT2D eigenvalue weighted by Gasteiger charge is -2.30. The fraction of sp³-hybridized carbons (Fsp3) is 0.727. The summed E-state index contributed by atoms with van der Waals surface area (Å²) >= 11 is 18.9. The van der Waals surface area contributed by atoms with Crippen LogP contribution in [0.1, 0.15) is 174 Å². The predicted octanol–water partition coefficient (Wildman–Crippen LogP) is 15.3.